The van der Waals surface area contributed by atoms with Crippen LogP contribution < -0.4 is 69.7 Å². The molecule has 0 saturated carbocycles. The van der Waals surface area contributed by atoms with Crippen LogP contribution in [-0.4, -0.2) is 175 Å². The third-order valence-electron chi connectivity index (χ3n) is 23.4. The molecule has 0 aliphatic carbocycles. The molecule has 5 aromatic carbocycles. The van der Waals surface area contributed by atoms with Gasteiger partial charge in [0.05, 0.1) is 0 Å². The molecule has 10 aromatic rings. The van der Waals surface area contributed by atoms with E-state index in [-0.39, 0.29) is 151 Å². The summed E-state index contributed by atoms with van der Waals surface area (Å²) >= 11 is 0. The molecule has 651 valence electrons. The van der Waals surface area contributed by atoms with Crippen LogP contribution in [0, 0.1) is 0 Å². The molecule has 5 fully saturated rings. The normalized spacial score (nSPS) is 15.6. The smallest absolute Gasteiger partial charge is 0.319 e. The summed E-state index contributed by atoms with van der Waals surface area (Å²) < 4.78 is 38.1. The summed E-state index contributed by atoms with van der Waals surface area (Å²) in [5.41, 5.74) is 6.52. The number of hydrogen-bond donors (Lipinski definition) is 0. The first kappa shape index (κ1) is 105. The van der Waals surface area contributed by atoms with Crippen molar-refractivity contribution in [3.63, 3.8) is 0 Å². The maximum Gasteiger partial charge on any atom is 0.319 e. The second-order valence-corrected chi connectivity index (χ2v) is 38.0. The Kier molecular flexibility index (Phi) is 46.8. The van der Waals surface area contributed by atoms with Gasteiger partial charge in [0.25, 0.3) is 0 Å². The summed E-state index contributed by atoms with van der Waals surface area (Å²) in [5.74, 6) is 5.49. The topological polar surface area (TPSA) is 119 Å². The first-order chi connectivity index (χ1) is 56.5. The molecule has 20 nitrogen and oxygen atoms in total. The molecule has 0 unspecified atom stereocenters. The largest absolute Gasteiger partial charge is 0.472 e. The zero-order valence-electron chi connectivity index (χ0n) is 73.8. The van der Waals surface area contributed by atoms with E-state index >= 15 is 0 Å². The molecule has 0 amide bonds. The van der Waals surface area contributed by atoms with Gasteiger partial charge in [0.15, 0.2) is 0 Å². The van der Waals surface area contributed by atoms with Crippen LogP contribution >= 0.6 is 0 Å². The van der Waals surface area contributed by atoms with Crippen molar-refractivity contribution in [2.75, 3.05) is 70.9 Å². The third kappa shape index (κ3) is 27.4. The first-order valence-electron chi connectivity index (χ1n) is 43.0. The van der Waals surface area contributed by atoms with E-state index in [2.05, 4.69) is 385 Å². The van der Waals surface area contributed by atoms with Gasteiger partial charge in [0, 0.05) is 131 Å². The first-order valence-corrected chi connectivity index (χ1v) is 48.2. The molecule has 15 rings (SSSR count). The van der Waals surface area contributed by atoms with Crippen LogP contribution in [0.4, 0.5) is 57.5 Å². The monoisotopic (exact) mass is 2150 g/mol. The quantitative estimate of drug-likeness (QED) is 0.0398. The van der Waals surface area contributed by atoms with E-state index in [1.165, 1.54) is 86.2 Å². The van der Waals surface area contributed by atoms with Gasteiger partial charge in [0.1, 0.15) is 49.2 Å². The second-order valence-electron chi connectivity index (χ2n) is 31.2. The van der Waals surface area contributed by atoms with Crippen molar-refractivity contribution >= 4 is 177 Å². The van der Waals surface area contributed by atoms with Crippen molar-refractivity contribution in [2.24, 2.45) is 0 Å². The molecule has 40 heteroatoms. The standard InChI is InChI=1S/C18H28B2N4Si.C17H26B2N4Si.C16H24B2N4Si.2C15H22B2N4Si.5Pd/c1-4-5-6-10-16-22-19(2)23(17-12-8-7-9-13-17)25-24(20(22)3)18-14-11-15-21-18;1-4-5-9-15-21-18(2)22(16-11-7-6-8-12-16)24-23(19(21)3)17-13-10-14-20-17;1-4-5-14-20-17(2)21(15-10-7-6-8-11-15)23-22(18(20)3)16-12-9-13-19-16;1-13(2)19-16(3)20(14-9-6-5-7-10-14)22-21(17(19)4)15-11-8-12-18-15;1-4-13-19-16(2)20(14-9-6-5-7-10-14)22-21(17(19)3)15-11-8-12-18-15;;;;;/h7-9,11-15,25H,4-6,10,16H2,1-3H3;6-8,10-14,24H,4-5,9,15H2,1-3H3;6-13,23H,4-5,14H2,1-3H3;5-13,22H,1-4H3;5-12,22H,4,13H2,1-3H3;;;;;/q5*-1;;;;;. The average molecular weight is 2160 g/mol. The summed E-state index contributed by atoms with van der Waals surface area (Å²) in [6.07, 6.45) is 22.1. The zero-order chi connectivity index (χ0) is 82.0. The van der Waals surface area contributed by atoms with E-state index in [0.717, 1.165) is 61.7 Å². The molecular formula is C81H122B10N20Pd5Si5-5. The van der Waals surface area contributed by atoms with Crippen LogP contribution in [0.1, 0.15) is 106 Å². The number of unbranched alkanes of at least 4 members (excludes halogenated alkanes) is 6. The van der Waals surface area contributed by atoms with E-state index < -0.39 is 0 Å². The Morgan fingerprint density at radius 2 is 0.438 bits per heavy atom. The minimum absolute atomic E-state index is 0. The molecule has 5 aromatic heterocycles. The molecule has 10 heterocycles. The Balaban J connectivity index is 0.000000232. The van der Waals surface area contributed by atoms with Crippen molar-refractivity contribution in [3.8, 4) is 0 Å². The molecule has 5 radical (unpaired) electrons. The van der Waals surface area contributed by atoms with Crippen molar-refractivity contribution in [2.45, 2.75) is 180 Å². The number of rotatable bonds is 25. The molecule has 5 saturated heterocycles. The van der Waals surface area contributed by atoms with E-state index in [0.29, 0.717) is 75.9 Å². The summed E-state index contributed by atoms with van der Waals surface area (Å²) in [5, 5.41) is 0. The van der Waals surface area contributed by atoms with E-state index in [1.807, 2.05) is 61.3 Å². The Hall–Kier alpha value is -4.65. The predicted octanol–water partition coefficient (Wildman–Crippen LogP) is 13.3. The van der Waals surface area contributed by atoms with Crippen molar-refractivity contribution in [1.82, 2.24) is 48.5 Å². The maximum absolute atomic E-state index is 4.58. The minimum atomic E-state index is -0.0347. The van der Waals surface area contributed by atoms with Crippen LogP contribution in [0.5, 0.6) is 0 Å². The average Bonchev–Trinajstić information content (AvgIpc) is 1.79. The molecule has 5 aliphatic heterocycles. The number of benzene rings is 5. The Labute approximate surface area is 813 Å². The van der Waals surface area contributed by atoms with Crippen LogP contribution in [0.2, 0.25) is 68.2 Å². The molecule has 5 aliphatic rings. The van der Waals surface area contributed by atoms with Crippen molar-refractivity contribution in [1.29, 1.82) is 0 Å². The summed E-state index contributed by atoms with van der Waals surface area (Å²) in [7, 11) is -0.135. The number of aromatic nitrogens is 5. The fourth-order valence-corrected chi connectivity index (χ4v) is 24.7. The van der Waals surface area contributed by atoms with E-state index in [4.69, 9.17) is 0 Å². The van der Waals surface area contributed by atoms with Gasteiger partial charge >= 0.3 is 34.9 Å². The zero-order valence-corrected chi connectivity index (χ0v) is 87.3. The van der Waals surface area contributed by atoms with E-state index in [1.54, 1.807) is 0 Å². The molecule has 121 heavy (non-hydrogen) atoms. The predicted molar refractivity (Wildman–Crippen MR) is 520 cm³/mol. The fourth-order valence-electron chi connectivity index (χ4n) is 16.9. The Morgan fingerprint density at radius 3 is 0.669 bits per heavy atom. The van der Waals surface area contributed by atoms with Gasteiger partial charge in [-0.3, -0.25) is 0 Å². The second kappa shape index (κ2) is 53.9. The van der Waals surface area contributed by atoms with Crippen LogP contribution in [0.25, 0.3) is 0 Å². The SMILES string of the molecule is CB1N(c2ccccc2)[SiH]N(c2ccc[n-]2)B(C)N1C(C)C.CCCCCCN1B(C)N(c2ccccc2)[SiH]N(c2ccc[n-]2)B1C.CCCCCN1B(C)N(c2ccccc2)[SiH]N(c2ccc[n-]2)B1C.CCCCN1B(C)N(c2ccccc2)[SiH]N(c2ccc[n-]2)B1C.CCCN1B(C)N(c2ccccc2)[SiH]N(c2ccc[n-]2)B1C.[Pd].[Pd].[Pd].[Pd].[Pd]. The van der Waals surface area contributed by atoms with Gasteiger partial charge in [-0.25, -0.2) is 0 Å². The number of para-hydroxylation sites is 5. The van der Waals surface area contributed by atoms with Gasteiger partial charge in [-0.15, -0.1) is 0 Å². The van der Waals surface area contributed by atoms with Crippen LogP contribution in [0.3, 0.4) is 0 Å². The van der Waals surface area contributed by atoms with Gasteiger partial charge in [0.2, 0.25) is 34.9 Å². The third-order valence-corrected chi connectivity index (χ3v) is 33.0. The van der Waals surface area contributed by atoms with Crippen LogP contribution in [-0.2, 0) is 102 Å². The maximum atomic E-state index is 4.58. The molecular weight excluding hydrogens is 2030 g/mol. The number of anilines is 10. The molecule has 0 bridgehead atoms. The molecule has 0 atom stereocenters. The minimum Gasteiger partial charge on any atom is -0.472 e. The molecule has 0 spiro atoms. The molecule has 0 N–H and O–H groups in total. The fraction of sp³-hybridized carbons (Fsp3) is 0.383. The number of nitrogens with zero attached hydrogens (tertiary/aromatic N) is 20. The van der Waals surface area contributed by atoms with Gasteiger partial charge in [-0.1, -0.05) is 360 Å². The Morgan fingerprint density at radius 1 is 0.231 bits per heavy atom. The summed E-state index contributed by atoms with van der Waals surface area (Å²) in [6.45, 7) is 45.3. The van der Waals surface area contributed by atoms with Crippen molar-refractivity contribution < 1.29 is 102 Å². The number of hydrogen-bond acceptors (Lipinski definition) is 15. The van der Waals surface area contributed by atoms with Gasteiger partial charge < -0.3 is 93.3 Å². The van der Waals surface area contributed by atoms with Gasteiger partial charge in [-0.05, 0) is 119 Å². The van der Waals surface area contributed by atoms with Crippen LogP contribution in [0.15, 0.2) is 243 Å². The van der Waals surface area contributed by atoms with Gasteiger partial charge in [-0.2, -0.15) is 0 Å². The summed E-state index contributed by atoms with van der Waals surface area (Å²) in [4.78, 5) is 22.8. The summed E-state index contributed by atoms with van der Waals surface area (Å²) in [6, 6.07) is 75.1. The van der Waals surface area contributed by atoms with E-state index in [9.17, 15) is 0 Å². The Bertz CT molecular complexity index is 4290. The van der Waals surface area contributed by atoms with Crippen molar-refractivity contribution in [3.05, 3.63) is 243 Å².